The van der Waals surface area contributed by atoms with Crippen molar-refractivity contribution in [3.8, 4) is 0 Å². The number of hydrogen-bond donors (Lipinski definition) is 1. The molecular weight excluding hydrogens is 242 g/mol. The zero-order valence-corrected chi connectivity index (χ0v) is 12.7. The van der Waals surface area contributed by atoms with Crippen molar-refractivity contribution < 1.29 is 5.32 Å². The highest BCUT2D eigenvalue weighted by molar-refractivity contribution is 5.85. The van der Waals surface area contributed by atoms with E-state index in [4.69, 9.17) is 0 Å². The van der Waals surface area contributed by atoms with Gasteiger partial charge in [-0.2, -0.15) is 0 Å². The summed E-state index contributed by atoms with van der Waals surface area (Å²) >= 11 is 0. The Morgan fingerprint density at radius 3 is 2.70 bits per heavy atom. The summed E-state index contributed by atoms with van der Waals surface area (Å²) in [4.78, 5) is 0. The average molecular weight is 268 g/mol. The number of benzene rings is 2. The molecule has 3 rings (SSSR count). The first-order chi connectivity index (χ1) is 9.75. The molecule has 1 heteroatoms. The minimum absolute atomic E-state index is 0.803. The van der Waals surface area contributed by atoms with E-state index in [0.717, 1.165) is 24.4 Å². The molecule has 3 atom stereocenters. The van der Waals surface area contributed by atoms with Gasteiger partial charge in [0.25, 0.3) is 0 Å². The summed E-state index contributed by atoms with van der Waals surface area (Å²) in [7, 11) is 0. The number of nitrogens with two attached hydrogens (primary N) is 1. The van der Waals surface area contributed by atoms with E-state index in [0.29, 0.717) is 0 Å². The molecule has 2 N–H and O–H groups in total. The SMILES string of the molecule is C[C@@H]1[C@H](C)CCC[C@H]1[NH2+]Cc1cccc2ccccc12. The van der Waals surface area contributed by atoms with Crippen LogP contribution in [0.3, 0.4) is 0 Å². The highest BCUT2D eigenvalue weighted by Gasteiger charge is 2.29. The maximum atomic E-state index is 2.59. The van der Waals surface area contributed by atoms with Crippen molar-refractivity contribution >= 4 is 10.8 Å². The number of rotatable bonds is 3. The first-order valence-electron chi connectivity index (χ1n) is 8.05. The summed E-state index contributed by atoms with van der Waals surface area (Å²) in [6.45, 7) is 5.97. The maximum absolute atomic E-state index is 2.59. The van der Waals surface area contributed by atoms with Crippen LogP contribution in [0.25, 0.3) is 10.8 Å². The van der Waals surface area contributed by atoms with Crippen LogP contribution in [0.2, 0.25) is 0 Å². The Labute approximate surface area is 122 Å². The van der Waals surface area contributed by atoms with Crippen LogP contribution in [0.15, 0.2) is 42.5 Å². The normalized spacial score (nSPS) is 26.8. The Bertz CT molecular complexity index is 569. The van der Waals surface area contributed by atoms with Crippen molar-refractivity contribution in [2.75, 3.05) is 0 Å². The van der Waals surface area contributed by atoms with Crippen molar-refractivity contribution in [3.63, 3.8) is 0 Å². The predicted molar refractivity (Wildman–Crippen MR) is 85.5 cm³/mol. The first kappa shape index (κ1) is 13.6. The van der Waals surface area contributed by atoms with Gasteiger partial charge in [-0.3, -0.25) is 0 Å². The largest absolute Gasteiger partial charge is 0.340 e. The van der Waals surface area contributed by atoms with Gasteiger partial charge in [-0.25, -0.2) is 0 Å². The Hall–Kier alpha value is -1.34. The smallest absolute Gasteiger partial charge is 0.102 e. The van der Waals surface area contributed by atoms with Crippen LogP contribution in [0, 0.1) is 11.8 Å². The van der Waals surface area contributed by atoms with E-state index in [2.05, 4.69) is 61.6 Å². The minimum Gasteiger partial charge on any atom is -0.340 e. The molecule has 0 radical (unpaired) electrons. The fraction of sp³-hybridized carbons (Fsp3) is 0.474. The molecule has 0 amide bonds. The monoisotopic (exact) mass is 268 g/mol. The molecule has 20 heavy (non-hydrogen) atoms. The first-order valence-corrected chi connectivity index (χ1v) is 8.05. The second-order valence-electron chi connectivity index (χ2n) is 6.51. The van der Waals surface area contributed by atoms with Crippen molar-refractivity contribution in [3.05, 3.63) is 48.0 Å². The fourth-order valence-electron chi connectivity index (χ4n) is 3.70. The average Bonchev–Trinajstić information content (AvgIpc) is 2.49. The van der Waals surface area contributed by atoms with E-state index in [-0.39, 0.29) is 0 Å². The lowest BCUT2D eigenvalue weighted by molar-refractivity contribution is -0.713. The summed E-state index contributed by atoms with van der Waals surface area (Å²) < 4.78 is 0. The van der Waals surface area contributed by atoms with E-state index < -0.39 is 0 Å². The lowest BCUT2D eigenvalue weighted by Crippen LogP contribution is -2.90. The van der Waals surface area contributed by atoms with Crippen LogP contribution in [0.5, 0.6) is 0 Å². The molecule has 1 aliphatic rings. The van der Waals surface area contributed by atoms with Crippen LogP contribution in [-0.2, 0) is 6.54 Å². The van der Waals surface area contributed by atoms with E-state index in [1.54, 1.807) is 0 Å². The number of fused-ring (bicyclic) bond motifs is 1. The minimum atomic E-state index is 0.803. The van der Waals surface area contributed by atoms with Crippen molar-refractivity contribution in [1.82, 2.24) is 0 Å². The molecule has 0 unspecified atom stereocenters. The molecule has 0 aliphatic heterocycles. The third kappa shape index (κ3) is 2.73. The van der Waals surface area contributed by atoms with E-state index in [9.17, 15) is 0 Å². The van der Waals surface area contributed by atoms with Crippen LogP contribution >= 0.6 is 0 Å². The van der Waals surface area contributed by atoms with Gasteiger partial charge in [0.1, 0.15) is 6.54 Å². The lowest BCUT2D eigenvalue weighted by atomic mass is 9.78. The molecule has 1 saturated carbocycles. The van der Waals surface area contributed by atoms with Crippen LogP contribution in [0.1, 0.15) is 38.7 Å². The highest BCUT2D eigenvalue weighted by atomic mass is 14.9. The maximum Gasteiger partial charge on any atom is 0.102 e. The van der Waals surface area contributed by atoms with Crippen LogP contribution in [0.4, 0.5) is 0 Å². The molecule has 0 aromatic heterocycles. The van der Waals surface area contributed by atoms with Gasteiger partial charge in [0.15, 0.2) is 0 Å². The summed E-state index contributed by atoms with van der Waals surface area (Å²) in [5, 5.41) is 5.37. The highest BCUT2D eigenvalue weighted by Crippen LogP contribution is 2.27. The lowest BCUT2D eigenvalue weighted by Gasteiger charge is -2.32. The molecule has 2 aromatic carbocycles. The molecule has 0 spiro atoms. The third-order valence-corrected chi connectivity index (χ3v) is 5.29. The van der Waals surface area contributed by atoms with Crippen molar-refractivity contribution in [1.29, 1.82) is 0 Å². The molecule has 1 nitrogen and oxygen atoms in total. The molecule has 106 valence electrons. The van der Waals surface area contributed by atoms with Gasteiger partial charge in [0.2, 0.25) is 0 Å². The molecule has 1 aliphatic carbocycles. The van der Waals surface area contributed by atoms with Crippen molar-refractivity contribution in [2.45, 2.75) is 45.7 Å². The van der Waals surface area contributed by atoms with E-state index in [1.807, 2.05) is 0 Å². The van der Waals surface area contributed by atoms with Gasteiger partial charge < -0.3 is 5.32 Å². The van der Waals surface area contributed by atoms with E-state index in [1.165, 1.54) is 35.6 Å². The predicted octanol–water partition coefficient (Wildman–Crippen LogP) is 3.73. The van der Waals surface area contributed by atoms with Gasteiger partial charge in [-0.05, 0) is 36.0 Å². The Balaban J connectivity index is 1.74. The third-order valence-electron chi connectivity index (χ3n) is 5.29. The zero-order chi connectivity index (χ0) is 13.9. The molecule has 0 bridgehead atoms. The van der Waals surface area contributed by atoms with Gasteiger partial charge in [-0.1, -0.05) is 56.3 Å². The van der Waals surface area contributed by atoms with Gasteiger partial charge in [0.05, 0.1) is 6.04 Å². The number of quaternary nitrogens is 1. The van der Waals surface area contributed by atoms with Crippen molar-refractivity contribution in [2.24, 2.45) is 11.8 Å². The standard InChI is InChI=1S/C19H25N/c1-14-7-5-12-19(15(14)2)20-13-17-10-6-9-16-8-3-4-11-18(16)17/h3-4,6,8-11,14-15,19-20H,5,7,12-13H2,1-2H3/p+1/t14-,15-,19-/m1/s1. The van der Waals surface area contributed by atoms with Gasteiger partial charge >= 0.3 is 0 Å². The van der Waals surface area contributed by atoms with Crippen LogP contribution < -0.4 is 5.32 Å². The molecule has 0 heterocycles. The Kier molecular flexibility index (Phi) is 4.07. The second-order valence-corrected chi connectivity index (χ2v) is 6.51. The summed E-state index contributed by atoms with van der Waals surface area (Å²) in [6.07, 6.45) is 4.21. The molecular formula is C19H26N+. The zero-order valence-electron chi connectivity index (χ0n) is 12.7. The van der Waals surface area contributed by atoms with Gasteiger partial charge in [0, 0.05) is 11.5 Å². The number of hydrogen-bond acceptors (Lipinski definition) is 0. The molecule has 1 fully saturated rings. The summed E-state index contributed by atoms with van der Waals surface area (Å²) in [5.41, 5.74) is 1.48. The molecule has 2 aromatic rings. The Morgan fingerprint density at radius 2 is 1.80 bits per heavy atom. The quantitative estimate of drug-likeness (QED) is 0.873. The Morgan fingerprint density at radius 1 is 1.00 bits per heavy atom. The molecule has 0 saturated heterocycles. The van der Waals surface area contributed by atoms with Crippen LogP contribution in [-0.4, -0.2) is 6.04 Å². The van der Waals surface area contributed by atoms with E-state index >= 15 is 0 Å². The van der Waals surface area contributed by atoms with Gasteiger partial charge in [-0.15, -0.1) is 0 Å². The summed E-state index contributed by atoms with van der Waals surface area (Å²) in [6, 6.07) is 16.2. The fourth-order valence-corrected chi connectivity index (χ4v) is 3.70. The topological polar surface area (TPSA) is 16.6 Å². The summed E-state index contributed by atoms with van der Waals surface area (Å²) in [5.74, 6) is 1.73. The second kappa shape index (κ2) is 5.97.